The largest absolute Gasteiger partial charge is 0.460 e. The molecule has 0 amide bonds. The molecule has 4 heterocycles. The number of carbonyl (C=O) groups excluding carboxylic acids is 4. The van der Waals surface area contributed by atoms with Gasteiger partial charge in [-0.2, -0.15) is 0 Å². The van der Waals surface area contributed by atoms with Crippen molar-refractivity contribution in [1.29, 1.82) is 0 Å². The number of epoxide rings is 2. The van der Waals surface area contributed by atoms with Crippen molar-refractivity contribution in [1.82, 2.24) is 0 Å². The zero-order valence-electron chi connectivity index (χ0n) is 26.5. The summed E-state index contributed by atoms with van der Waals surface area (Å²) in [6.07, 6.45) is 6.91. The minimum absolute atomic E-state index is 0.0498. The number of fused-ring (bicyclic) bond motifs is 2. The lowest BCUT2D eigenvalue weighted by molar-refractivity contribution is -0.274. The Kier molecular flexibility index (Phi) is 10.6. The highest BCUT2D eigenvalue weighted by atomic mass is 16.7. The van der Waals surface area contributed by atoms with E-state index >= 15 is 0 Å². The Bertz CT molecular complexity index is 962. The summed E-state index contributed by atoms with van der Waals surface area (Å²) in [5.74, 6) is -4.17. The van der Waals surface area contributed by atoms with Crippen molar-refractivity contribution in [2.24, 2.45) is 23.7 Å². The van der Waals surface area contributed by atoms with Crippen LogP contribution in [-0.4, -0.2) is 106 Å². The Morgan fingerprint density at radius 1 is 0.578 bits per heavy atom. The van der Waals surface area contributed by atoms with Gasteiger partial charge in [0, 0.05) is 25.0 Å². The highest BCUT2D eigenvalue weighted by Gasteiger charge is 2.48. The average Bonchev–Trinajstić information content (AvgIpc) is 3.98. The van der Waals surface area contributed by atoms with Crippen LogP contribution in [-0.2, 0) is 57.1 Å². The maximum Gasteiger partial charge on any atom is 0.309 e. The first kappa shape index (κ1) is 33.0. The molecule has 12 heteroatoms. The third-order valence-electron chi connectivity index (χ3n) is 10.4. The summed E-state index contributed by atoms with van der Waals surface area (Å²) in [5, 5.41) is 0. The predicted molar refractivity (Wildman–Crippen MR) is 155 cm³/mol. The molecule has 0 aromatic rings. The van der Waals surface area contributed by atoms with Gasteiger partial charge in [0.2, 0.25) is 5.79 Å². The summed E-state index contributed by atoms with van der Waals surface area (Å²) in [6.45, 7) is 3.20. The highest BCUT2D eigenvalue weighted by Crippen LogP contribution is 2.41. The highest BCUT2D eigenvalue weighted by molar-refractivity contribution is 5.83. The van der Waals surface area contributed by atoms with E-state index in [-0.39, 0.29) is 85.1 Å². The van der Waals surface area contributed by atoms with Crippen LogP contribution in [0.2, 0.25) is 0 Å². The zero-order valence-corrected chi connectivity index (χ0v) is 26.5. The Hall–Kier alpha value is -1.96. The fraction of sp³-hybridized carbons (Fsp3) is 0.879. The molecule has 0 N–H and O–H groups in total. The molecule has 2 saturated carbocycles. The van der Waals surface area contributed by atoms with Crippen LogP contribution in [0.5, 0.6) is 0 Å². The molecule has 0 bridgehead atoms. The van der Waals surface area contributed by atoms with E-state index in [1.807, 2.05) is 13.8 Å². The molecule has 11 atom stereocenters. The minimum atomic E-state index is -1.84. The molecule has 4 aliphatic heterocycles. The smallest absolute Gasteiger partial charge is 0.309 e. The van der Waals surface area contributed by atoms with Crippen molar-refractivity contribution in [3.8, 4) is 0 Å². The van der Waals surface area contributed by atoms with Gasteiger partial charge in [0.05, 0.1) is 48.5 Å². The molecule has 6 aliphatic rings. The summed E-state index contributed by atoms with van der Waals surface area (Å²) < 4.78 is 46.3. The Labute approximate surface area is 264 Å². The van der Waals surface area contributed by atoms with Crippen LogP contribution in [0.15, 0.2) is 0 Å². The molecule has 0 spiro atoms. The molecule has 45 heavy (non-hydrogen) atoms. The van der Waals surface area contributed by atoms with Gasteiger partial charge in [0.15, 0.2) is 11.6 Å². The van der Waals surface area contributed by atoms with Crippen molar-refractivity contribution in [3.05, 3.63) is 0 Å². The van der Waals surface area contributed by atoms with E-state index in [0.29, 0.717) is 64.6 Å². The molecule has 0 radical (unpaired) electrons. The maximum atomic E-state index is 13.3. The SMILES string of the molecule is CC1CC(C(=O)COC(COC(=O)C2CCOC(C)C2)(COC(=O)C2CCC3OC3C2)OCC(=O)C2CCC3OC3C2)CCO1. The topological polar surface area (TPSA) is 149 Å². The van der Waals surface area contributed by atoms with Crippen molar-refractivity contribution >= 4 is 23.5 Å². The molecule has 2 aliphatic carbocycles. The van der Waals surface area contributed by atoms with Gasteiger partial charge in [-0.15, -0.1) is 0 Å². The van der Waals surface area contributed by atoms with E-state index in [1.165, 1.54) is 0 Å². The van der Waals surface area contributed by atoms with Gasteiger partial charge < -0.3 is 37.9 Å². The second-order valence-corrected chi connectivity index (χ2v) is 13.9. The van der Waals surface area contributed by atoms with Gasteiger partial charge in [0.1, 0.15) is 26.4 Å². The fourth-order valence-electron chi connectivity index (χ4n) is 7.31. The number of hydrogen-bond donors (Lipinski definition) is 0. The average molecular weight is 637 g/mol. The molecule has 0 aromatic carbocycles. The standard InChI is InChI=1S/C33H48O12/c1-19-11-22(7-9-38-19)26(35)16-43-33(18-41-32(37)24-8-10-39-20(2)12-24,17-40-31(36)23-4-6-28-30(14-23)45-28)42-15-25(34)21-3-5-27-29(13-21)44-27/h19-24,27-30H,3-18H2,1-2H3. The molecule has 6 fully saturated rings. The molecule has 252 valence electrons. The normalized spacial score (nSPS) is 38.5. The van der Waals surface area contributed by atoms with Crippen LogP contribution >= 0.6 is 0 Å². The number of ketones is 2. The summed E-state index contributed by atoms with van der Waals surface area (Å²) in [4.78, 5) is 53.0. The third kappa shape index (κ3) is 8.70. The molecule has 0 aromatic heterocycles. The lowest BCUT2D eigenvalue weighted by Gasteiger charge is -2.35. The van der Waals surface area contributed by atoms with E-state index in [4.69, 9.17) is 37.9 Å². The fourth-order valence-corrected chi connectivity index (χ4v) is 7.31. The van der Waals surface area contributed by atoms with Gasteiger partial charge in [-0.25, -0.2) is 0 Å². The Morgan fingerprint density at radius 2 is 1.02 bits per heavy atom. The van der Waals surface area contributed by atoms with Crippen molar-refractivity contribution in [3.63, 3.8) is 0 Å². The first-order valence-corrected chi connectivity index (χ1v) is 16.9. The number of Topliss-reactive ketones (excluding diaryl/α,β-unsaturated/α-hetero) is 2. The summed E-state index contributed by atoms with van der Waals surface area (Å²) >= 11 is 0. The Balaban J connectivity index is 1.16. The van der Waals surface area contributed by atoms with Gasteiger partial charge in [-0.3, -0.25) is 19.2 Å². The van der Waals surface area contributed by atoms with Gasteiger partial charge in [-0.05, 0) is 78.1 Å². The molecular formula is C33H48O12. The maximum absolute atomic E-state index is 13.3. The second-order valence-electron chi connectivity index (χ2n) is 13.9. The van der Waals surface area contributed by atoms with Crippen molar-refractivity contribution in [2.75, 3.05) is 39.6 Å². The number of rotatable bonds is 14. The minimum Gasteiger partial charge on any atom is -0.460 e. The zero-order chi connectivity index (χ0) is 31.6. The third-order valence-corrected chi connectivity index (χ3v) is 10.4. The summed E-state index contributed by atoms with van der Waals surface area (Å²) in [7, 11) is 0. The monoisotopic (exact) mass is 636 g/mol. The van der Waals surface area contributed by atoms with Crippen molar-refractivity contribution in [2.45, 2.75) is 120 Å². The number of esters is 2. The van der Waals surface area contributed by atoms with E-state index in [9.17, 15) is 19.2 Å². The van der Waals surface area contributed by atoms with Crippen LogP contribution in [0.1, 0.15) is 78.1 Å². The molecule has 11 unspecified atom stereocenters. The van der Waals surface area contributed by atoms with Crippen LogP contribution in [0.4, 0.5) is 0 Å². The van der Waals surface area contributed by atoms with E-state index in [0.717, 1.165) is 12.8 Å². The van der Waals surface area contributed by atoms with E-state index < -0.39 is 30.9 Å². The van der Waals surface area contributed by atoms with E-state index in [2.05, 4.69) is 0 Å². The molecule has 12 nitrogen and oxygen atoms in total. The van der Waals surface area contributed by atoms with Crippen LogP contribution in [0.3, 0.4) is 0 Å². The second kappa shape index (κ2) is 14.4. The van der Waals surface area contributed by atoms with Crippen molar-refractivity contribution < 1.29 is 57.1 Å². The Morgan fingerprint density at radius 3 is 1.56 bits per heavy atom. The van der Waals surface area contributed by atoms with Crippen LogP contribution in [0.25, 0.3) is 0 Å². The number of ether oxygens (including phenoxy) is 8. The molecule has 6 rings (SSSR count). The number of hydrogen-bond acceptors (Lipinski definition) is 12. The summed E-state index contributed by atoms with van der Waals surface area (Å²) in [6, 6.07) is 0. The van der Waals surface area contributed by atoms with Crippen LogP contribution < -0.4 is 0 Å². The number of carbonyl (C=O) groups is 4. The van der Waals surface area contributed by atoms with Gasteiger partial charge in [0.25, 0.3) is 0 Å². The van der Waals surface area contributed by atoms with Gasteiger partial charge >= 0.3 is 11.9 Å². The first-order valence-electron chi connectivity index (χ1n) is 16.9. The lowest BCUT2D eigenvalue weighted by atomic mass is 9.86. The predicted octanol–water partition coefficient (Wildman–Crippen LogP) is 2.71. The van der Waals surface area contributed by atoms with E-state index in [1.54, 1.807) is 0 Å². The first-order chi connectivity index (χ1) is 21.7. The molecule has 4 saturated heterocycles. The summed E-state index contributed by atoms with van der Waals surface area (Å²) in [5.41, 5.74) is 0. The lowest BCUT2D eigenvalue weighted by Crippen LogP contribution is -2.50. The quantitative estimate of drug-likeness (QED) is 0.157. The van der Waals surface area contributed by atoms with Gasteiger partial charge in [-0.1, -0.05) is 0 Å². The van der Waals surface area contributed by atoms with Crippen LogP contribution in [0, 0.1) is 23.7 Å². The molecular weight excluding hydrogens is 588 g/mol.